The molecule has 1 unspecified atom stereocenters. The fraction of sp³-hybridized carbons (Fsp3) is 0.235. The van der Waals surface area contributed by atoms with Crippen LogP contribution < -0.4 is 15.4 Å². The maximum atomic E-state index is 14.4. The molecule has 0 spiro atoms. The minimum Gasteiger partial charge on any atom is -0.476 e. The van der Waals surface area contributed by atoms with E-state index in [1.165, 1.54) is 30.0 Å². The number of ether oxygens (including phenoxy) is 1. The van der Waals surface area contributed by atoms with Gasteiger partial charge in [0, 0.05) is 6.99 Å². The first-order chi connectivity index (χ1) is 11.3. The highest BCUT2D eigenvalue weighted by Crippen LogP contribution is 2.41. The van der Waals surface area contributed by atoms with Gasteiger partial charge in [-0.05, 0) is 31.5 Å². The van der Waals surface area contributed by atoms with Gasteiger partial charge in [0.05, 0.1) is 17.9 Å². The zero-order valence-electron chi connectivity index (χ0n) is 13.1. The van der Waals surface area contributed by atoms with Gasteiger partial charge in [0.15, 0.2) is 29.3 Å². The summed E-state index contributed by atoms with van der Waals surface area (Å²) in [5, 5.41) is 0. The second-order valence-electron chi connectivity index (χ2n) is 5.67. The molecule has 0 bridgehead atoms. The summed E-state index contributed by atoms with van der Waals surface area (Å²) in [5.41, 5.74) is 6.13. The number of nitrogens with two attached hydrogens (primary N) is 1. The number of aryl methyl sites for hydroxylation is 1. The molecule has 1 atom stereocenters. The molecule has 1 heterocycles. The summed E-state index contributed by atoms with van der Waals surface area (Å²) in [4.78, 5) is 13.6. The van der Waals surface area contributed by atoms with E-state index in [-0.39, 0.29) is 30.7 Å². The van der Waals surface area contributed by atoms with E-state index in [1.807, 2.05) is 0 Å². The highest BCUT2D eigenvalue weighted by molar-refractivity contribution is 6.00. The van der Waals surface area contributed by atoms with E-state index >= 15 is 0 Å². The Morgan fingerprint density at radius 2 is 2.00 bits per heavy atom. The van der Waals surface area contributed by atoms with E-state index < -0.39 is 29.5 Å². The quantitative estimate of drug-likeness (QED) is 0.852. The number of hydrogen-bond donors (Lipinski definition) is 1. The molecular formula is C17H17F3N2O2. The SMILES string of the molecule is Cc1cc2c(c(F)c1N)OC(C)C(=O)N2Cc1cccc(F)c1F.[HH]. The van der Waals surface area contributed by atoms with E-state index in [4.69, 9.17) is 10.5 Å². The van der Waals surface area contributed by atoms with E-state index in [0.29, 0.717) is 5.56 Å². The van der Waals surface area contributed by atoms with Crippen LogP contribution >= 0.6 is 0 Å². The van der Waals surface area contributed by atoms with Crippen molar-refractivity contribution in [2.45, 2.75) is 26.5 Å². The van der Waals surface area contributed by atoms with Crippen LogP contribution in [0.1, 0.15) is 19.5 Å². The Kier molecular flexibility index (Phi) is 3.87. The van der Waals surface area contributed by atoms with Crippen molar-refractivity contribution < 1.29 is 24.1 Å². The molecule has 2 aromatic carbocycles. The van der Waals surface area contributed by atoms with E-state index in [1.54, 1.807) is 6.92 Å². The van der Waals surface area contributed by atoms with Crippen LogP contribution in [0.2, 0.25) is 0 Å². The number of anilines is 2. The molecule has 0 aromatic heterocycles. The van der Waals surface area contributed by atoms with E-state index in [9.17, 15) is 18.0 Å². The zero-order valence-corrected chi connectivity index (χ0v) is 13.1. The first kappa shape index (κ1) is 16.2. The van der Waals surface area contributed by atoms with Crippen molar-refractivity contribution in [1.82, 2.24) is 0 Å². The Hall–Kier alpha value is -2.70. The number of carbonyl (C=O) groups is 1. The summed E-state index contributed by atoms with van der Waals surface area (Å²) in [5.74, 6) is -3.47. The predicted molar refractivity (Wildman–Crippen MR) is 85.3 cm³/mol. The second-order valence-corrected chi connectivity index (χ2v) is 5.67. The van der Waals surface area contributed by atoms with E-state index in [2.05, 4.69) is 0 Å². The van der Waals surface area contributed by atoms with Gasteiger partial charge in [-0.25, -0.2) is 13.2 Å². The third-order valence-electron chi connectivity index (χ3n) is 4.01. The number of hydrogen-bond acceptors (Lipinski definition) is 3. The van der Waals surface area contributed by atoms with Gasteiger partial charge >= 0.3 is 0 Å². The van der Waals surface area contributed by atoms with Crippen molar-refractivity contribution in [3.05, 3.63) is 52.8 Å². The van der Waals surface area contributed by atoms with Crippen LogP contribution in [0.3, 0.4) is 0 Å². The predicted octanol–water partition coefficient (Wildman–Crippen LogP) is 3.55. The van der Waals surface area contributed by atoms with Gasteiger partial charge in [0.2, 0.25) is 0 Å². The molecular weight excluding hydrogens is 321 g/mol. The maximum Gasteiger partial charge on any atom is 0.268 e. The van der Waals surface area contributed by atoms with Gasteiger partial charge < -0.3 is 15.4 Å². The van der Waals surface area contributed by atoms with E-state index in [0.717, 1.165) is 6.07 Å². The maximum absolute atomic E-state index is 14.4. The van der Waals surface area contributed by atoms with Crippen LogP contribution in [0, 0.1) is 24.4 Å². The summed E-state index contributed by atoms with van der Waals surface area (Å²) in [6.07, 6.45) is -0.967. The molecule has 1 aliphatic rings. The van der Waals surface area contributed by atoms with Crippen LogP contribution in [0.5, 0.6) is 5.75 Å². The molecule has 4 nitrogen and oxygen atoms in total. The first-order valence-corrected chi connectivity index (χ1v) is 7.30. The normalized spacial score (nSPS) is 16.8. The lowest BCUT2D eigenvalue weighted by atomic mass is 10.1. The highest BCUT2D eigenvalue weighted by atomic mass is 19.2. The van der Waals surface area contributed by atoms with Crippen molar-refractivity contribution in [2.75, 3.05) is 10.6 Å². The third kappa shape index (κ3) is 2.46. The van der Waals surface area contributed by atoms with Crippen molar-refractivity contribution >= 4 is 17.3 Å². The third-order valence-corrected chi connectivity index (χ3v) is 4.01. The molecule has 0 saturated carbocycles. The highest BCUT2D eigenvalue weighted by Gasteiger charge is 2.35. The van der Waals surface area contributed by atoms with Crippen molar-refractivity contribution in [1.29, 1.82) is 0 Å². The first-order valence-electron chi connectivity index (χ1n) is 7.30. The molecule has 2 N–H and O–H groups in total. The fourth-order valence-electron chi connectivity index (χ4n) is 2.64. The molecule has 3 rings (SSSR count). The standard InChI is InChI=1S/C17H15F3N2O2.H2/c1-8-6-12-16(14(20)15(8)21)24-9(2)17(23)22(12)7-10-4-3-5-11(18)13(10)19;/h3-6,9H,7,21H2,1-2H3;1H. The van der Waals surface area contributed by atoms with Crippen molar-refractivity contribution in [2.24, 2.45) is 0 Å². The number of nitrogens with zero attached hydrogens (tertiary/aromatic N) is 1. The molecule has 0 aliphatic carbocycles. The molecule has 7 heteroatoms. The molecule has 128 valence electrons. The Bertz CT molecular complexity index is 845. The smallest absolute Gasteiger partial charge is 0.268 e. The number of benzene rings is 2. The van der Waals surface area contributed by atoms with Gasteiger partial charge in [0.1, 0.15) is 0 Å². The molecule has 1 aliphatic heterocycles. The van der Waals surface area contributed by atoms with Crippen molar-refractivity contribution in [3.63, 3.8) is 0 Å². The number of nitrogen functional groups attached to an aromatic ring is 1. The Morgan fingerprint density at radius 3 is 2.71 bits per heavy atom. The lowest BCUT2D eigenvalue weighted by Crippen LogP contribution is -2.44. The molecule has 0 fully saturated rings. The largest absolute Gasteiger partial charge is 0.476 e. The Labute approximate surface area is 138 Å². The van der Waals surface area contributed by atoms with Crippen LogP contribution in [0.25, 0.3) is 0 Å². The number of carbonyl (C=O) groups excluding carboxylic acids is 1. The van der Waals surface area contributed by atoms with Crippen LogP contribution in [-0.4, -0.2) is 12.0 Å². The summed E-state index contributed by atoms with van der Waals surface area (Å²) in [7, 11) is 0. The summed E-state index contributed by atoms with van der Waals surface area (Å²) < 4.78 is 47.0. The van der Waals surface area contributed by atoms with Gasteiger partial charge in [-0.15, -0.1) is 0 Å². The van der Waals surface area contributed by atoms with Crippen LogP contribution in [0.4, 0.5) is 24.5 Å². The van der Waals surface area contributed by atoms with Gasteiger partial charge in [-0.1, -0.05) is 12.1 Å². The van der Waals surface area contributed by atoms with Gasteiger partial charge in [-0.3, -0.25) is 4.79 Å². The summed E-state index contributed by atoms with van der Waals surface area (Å²) >= 11 is 0. The molecule has 2 aromatic rings. The number of rotatable bonds is 2. The van der Waals surface area contributed by atoms with Crippen LogP contribution in [0.15, 0.2) is 24.3 Å². The van der Waals surface area contributed by atoms with Gasteiger partial charge in [-0.2, -0.15) is 0 Å². The fourth-order valence-corrected chi connectivity index (χ4v) is 2.64. The Balaban J connectivity index is 0.00000225. The second kappa shape index (κ2) is 5.74. The zero-order chi connectivity index (χ0) is 17.6. The Morgan fingerprint density at radius 1 is 1.29 bits per heavy atom. The summed E-state index contributed by atoms with van der Waals surface area (Å²) in [6.45, 7) is 2.80. The average Bonchev–Trinajstić information content (AvgIpc) is 2.55. The number of amides is 1. The molecule has 24 heavy (non-hydrogen) atoms. The summed E-state index contributed by atoms with van der Waals surface area (Å²) in [6, 6.07) is 5.19. The average molecular weight is 338 g/mol. The molecule has 1 amide bonds. The minimum atomic E-state index is -1.04. The van der Waals surface area contributed by atoms with Crippen LogP contribution in [-0.2, 0) is 11.3 Å². The molecule has 0 saturated heterocycles. The minimum absolute atomic E-state index is 0. The lowest BCUT2D eigenvalue weighted by Gasteiger charge is -2.34. The number of halogens is 3. The molecule has 0 radical (unpaired) electrons. The van der Waals surface area contributed by atoms with Gasteiger partial charge in [0.25, 0.3) is 5.91 Å². The topological polar surface area (TPSA) is 55.6 Å². The van der Waals surface area contributed by atoms with Crippen molar-refractivity contribution in [3.8, 4) is 5.75 Å². The monoisotopic (exact) mass is 338 g/mol. The number of fused-ring (bicyclic) bond motifs is 1. The lowest BCUT2D eigenvalue weighted by molar-refractivity contribution is -0.125.